The lowest BCUT2D eigenvalue weighted by Crippen LogP contribution is -2.05. The number of ether oxygens (including phenoxy) is 4. The molecule has 0 saturated heterocycles. The minimum atomic E-state index is -0.0777. The third-order valence-electron chi connectivity index (χ3n) is 12.4. The minimum Gasteiger partial charge on any atom is -0.468 e. The van der Waals surface area contributed by atoms with Crippen LogP contribution in [0.2, 0.25) is 0 Å². The number of hydrogen-bond donors (Lipinski definition) is 0. The van der Waals surface area contributed by atoms with Gasteiger partial charge >= 0.3 is 11.9 Å². The second kappa shape index (κ2) is 68.8. The first-order chi connectivity index (χ1) is 36.6. The maximum absolute atomic E-state index is 11.9. The third kappa shape index (κ3) is 69.9. The molecule has 0 atom stereocenters. The van der Waals surface area contributed by atoms with E-state index in [1.807, 2.05) is 0 Å². The van der Waals surface area contributed by atoms with Gasteiger partial charge in [0.2, 0.25) is 0 Å². The second-order valence-corrected chi connectivity index (χ2v) is 19.4. The number of esters is 2. The molecule has 0 saturated carbocycles. The van der Waals surface area contributed by atoms with Crippen LogP contribution in [0.5, 0.6) is 0 Å². The Morgan fingerprint density at radius 3 is 0.757 bits per heavy atom. The van der Waals surface area contributed by atoms with Crippen molar-refractivity contribution < 1.29 is 38.1 Å². The van der Waals surface area contributed by atoms with E-state index < -0.39 is 0 Å². The van der Waals surface area contributed by atoms with Gasteiger partial charge in [0.15, 0.2) is 0 Å². The van der Waals surface area contributed by atoms with Crippen molar-refractivity contribution in [2.24, 2.45) is 0 Å². The molecular weight excluding hydrogens is 921 g/mol. The summed E-state index contributed by atoms with van der Waals surface area (Å²) >= 11 is 0. The fourth-order valence-corrected chi connectivity index (χ4v) is 7.87. The highest BCUT2D eigenvalue weighted by Crippen LogP contribution is 2.14. The Hall–Kier alpha value is -4.20. The predicted molar refractivity (Wildman–Crippen MR) is 315 cm³/mol. The van der Waals surface area contributed by atoms with Crippen molar-refractivity contribution in [3.8, 4) is 0 Å². The van der Waals surface area contributed by atoms with E-state index in [-0.39, 0.29) is 11.9 Å². The first kappa shape index (κ1) is 71.9. The SMILES string of the molecule is CCCCC/C=C\C/C=C\C/C=C\C/C=C\CCCC(=O)OCCCCCCCCCCCCCCCOC=O.CCCCC/C=C\C/C=C\C/C=C\C/C=C\CCCC(=O)OCCCCCCCCCOC=O. The molecule has 0 aliphatic rings. The van der Waals surface area contributed by atoms with Crippen LogP contribution in [0.15, 0.2) is 97.2 Å². The van der Waals surface area contributed by atoms with Crippen LogP contribution in [0.25, 0.3) is 0 Å². The van der Waals surface area contributed by atoms with E-state index in [0.717, 1.165) is 122 Å². The summed E-state index contributed by atoms with van der Waals surface area (Å²) in [7, 11) is 0. The van der Waals surface area contributed by atoms with Crippen molar-refractivity contribution in [3.05, 3.63) is 97.2 Å². The first-order valence-corrected chi connectivity index (χ1v) is 30.2. The highest BCUT2D eigenvalue weighted by atomic mass is 16.5. The van der Waals surface area contributed by atoms with Gasteiger partial charge in [-0.05, 0) is 116 Å². The van der Waals surface area contributed by atoms with E-state index in [2.05, 4.69) is 116 Å². The largest absolute Gasteiger partial charge is 0.468 e. The lowest BCUT2D eigenvalue weighted by Gasteiger charge is -2.05. The quantitative estimate of drug-likeness (QED) is 0.0195. The summed E-state index contributed by atoms with van der Waals surface area (Å²) in [6.07, 6.45) is 80.0. The molecule has 0 aromatic carbocycles. The van der Waals surface area contributed by atoms with Crippen molar-refractivity contribution >= 4 is 24.9 Å². The lowest BCUT2D eigenvalue weighted by molar-refractivity contribution is -0.144. The monoisotopic (exact) mass is 1030 g/mol. The molecule has 0 rings (SSSR count). The van der Waals surface area contributed by atoms with E-state index in [0.29, 0.717) is 52.2 Å². The van der Waals surface area contributed by atoms with E-state index in [9.17, 15) is 19.2 Å². The van der Waals surface area contributed by atoms with Crippen molar-refractivity contribution in [2.45, 2.75) is 271 Å². The molecule has 0 N–H and O–H groups in total. The Morgan fingerprint density at radius 1 is 0.270 bits per heavy atom. The van der Waals surface area contributed by atoms with Gasteiger partial charge in [0.1, 0.15) is 0 Å². The molecule has 0 unspecified atom stereocenters. The van der Waals surface area contributed by atoms with Crippen LogP contribution in [0, 0.1) is 0 Å². The molecule has 0 radical (unpaired) electrons. The summed E-state index contributed by atoms with van der Waals surface area (Å²) in [4.78, 5) is 43.7. The summed E-state index contributed by atoms with van der Waals surface area (Å²) in [5.74, 6) is -0.128. The summed E-state index contributed by atoms with van der Waals surface area (Å²) in [6, 6.07) is 0. The van der Waals surface area contributed by atoms with Crippen LogP contribution in [-0.4, -0.2) is 51.3 Å². The molecule has 8 heteroatoms. The fraction of sp³-hybridized carbons (Fsp3) is 0.697. The van der Waals surface area contributed by atoms with Crippen LogP contribution >= 0.6 is 0 Å². The van der Waals surface area contributed by atoms with E-state index in [4.69, 9.17) is 14.2 Å². The second-order valence-electron chi connectivity index (χ2n) is 19.4. The third-order valence-corrected chi connectivity index (χ3v) is 12.4. The van der Waals surface area contributed by atoms with Crippen molar-refractivity contribution in [1.29, 1.82) is 0 Å². The first-order valence-electron chi connectivity index (χ1n) is 30.2. The van der Waals surface area contributed by atoms with Crippen molar-refractivity contribution in [3.63, 3.8) is 0 Å². The van der Waals surface area contributed by atoms with Gasteiger partial charge in [0, 0.05) is 12.8 Å². The molecule has 74 heavy (non-hydrogen) atoms. The highest BCUT2D eigenvalue weighted by Gasteiger charge is 2.03. The molecule has 0 aliphatic carbocycles. The molecule has 0 aromatic rings. The topological polar surface area (TPSA) is 105 Å². The van der Waals surface area contributed by atoms with Crippen LogP contribution in [-0.2, 0) is 38.1 Å². The molecule has 0 spiro atoms. The lowest BCUT2D eigenvalue weighted by atomic mass is 10.0. The van der Waals surface area contributed by atoms with E-state index in [1.54, 1.807) is 0 Å². The summed E-state index contributed by atoms with van der Waals surface area (Å²) in [5, 5.41) is 0. The molecule has 8 nitrogen and oxygen atoms in total. The molecule has 0 fully saturated rings. The number of carbonyl (C=O) groups is 4. The van der Waals surface area contributed by atoms with Crippen LogP contribution in [0.3, 0.4) is 0 Å². The zero-order chi connectivity index (χ0) is 53.8. The van der Waals surface area contributed by atoms with Gasteiger partial charge in [-0.15, -0.1) is 0 Å². The molecule has 0 amide bonds. The molecular formula is C66H112O8. The van der Waals surface area contributed by atoms with Crippen LogP contribution in [0.1, 0.15) is 271 Å². The summed E-state index contributed by atoms with van der Waals surface area (Å²) < 4.78 is 20.1. The van der Waals surface area contributed by atoms with Gasteiger partial charge in [0.05, 0.1) is 26.4 Å². The van der Waals surface area contributed by atoms with Gasteiger partial charge in [-0.2, -0.15) is 0 Å². The number of unbranched alkanes of at least 4 members (excludes halogenated alkanes) is 26. The number of rotatable bonds is 56. The van der Waals surface area contributed by atoms with Gasteiger partial charge in [-0.1, -0.05) is 239 Å². The zero-order valence-corrected chi connectivity index (χ0v) is 47.8. The van der Waals surface area contributed by atoms with Gasteiger partial charge in [0.25, 0.3) is 12.9 Å². The van der Waals surface area contributed by atoms with E-state index in [1.165, 1.54) is 122 Å². The molecule has 0 aromatic heterocycles. The highest BCUT2D eigenvalue weighted by molar-refractivity contribution is 5.69. The van der Waals surface area contributed by atoms with Crippen LogP contribution < -0.4 is 0 Å². The molecule has 0 bridgehead atoms. The maximum atomic E-state index is 11.9. The molecule has 0 heterocycles. The van der Waals surface area contributed by atoms with E-state index >= 15 is 0 Å². The Balaban J connectivity index is 0. The van der Waals surface area contributed by atoms with Crippen LogP contribution in [0.4, 0.5) is 0 Å². The standard InChI is InChI=1S/C36H62O4.C30H50O4/c1-2-3-4-5-6-7-8-9-10-11-12-14-17-20-23-26-29-32-36(38)40-34-31-28-25-22-19-16-13-15-18-21-24-27-30-33-39-35-37;1-2-3-4-5-6-7-8-9-10-11-12-13-14-15-17-20-23-26-30(32)34-28-25-22-19-16-18-21-24-27-33-29-31/h6-7,9-10,12,14,20,23,35H,2-5,8,11,13,15-19,21-22,24-34H2,1H3;6-7,9-10,12-13,15,17,29H,2-5,8,11,14,16,18-28H2,1H3/b7-6-,10-9-,14-12-,23-20-;7-6-,10-9-,13-12-,17-15-. The van der Waals surface area contributed by atoms with Crippen molar-refractivity contribution in [2.75, 3.05) is 26.4 Å². The number of carbonyl (C=O) groups excluding carboxylic acids is 4. The smallest absolute Gasteiger partial charge is 0.305 e. The average Bonchev–Trinajstić information content (AvgIpc) is 3.40. The maximum Gasteiger partial charge on any atom is 0.305 e. The fourth-order valence-electron chi connectivity index (χ4n) is 7.87. The zero-order valence-electron chi connectivity index (χ0n) is 47.8. The number of allylic oxidation sites excluding steroid dienone is 16. The summed E-state index contributed by atoms with van der Waals surface area (Å²) in [6.45, 7) is 7.73. The predicted octanol–water partition coefficient (Wildman–Crippen LogP) is 19.5. The average molecular weight is 1030 g/mol. The van der Waals surface area contributed by atoms with Gasteiger partial charge in [-0.25, -0.2) is 0 Å². The Bertz CT molecular complexity index is 1420. The minimum absolute atomic E-state index is 0.0508. The van der Waals surface area contributed by atoms with Gasteiger partial charge < -0.3 is 18.9 Å². The van der Waals surface area contributed by atoms with Crippen molar-refractivity contribution in [1.82, 2.24) is 0 Å². The van der Waals surface area contributed by atoms with Gasteiger partial charge in [-0.3, -0.25) is 19.2 Å². The Morgan fingerprint density at radius 2 is 0.500 bits per heavy atom. The molecule has 424 valence electrons. The number of hydrogen-bond acceptors (Lipinski definition) is 8. The summed E-state index contributed by atoms with van der Waals surface area (Å²) in [5.41, 5.74) is 0. The Kier molecular flexibility index (Phi) is 66.8. The Labute approximate surface area is 455 Å². The molecule has 0 aliphatic heterocycles. The normalized spacial score (nSPS) is 11.9.